The summed E-state index contributed by atoms with van der Waals surface area (Å²) in [5, 5.41) is 13.3. The maximum atomic E-state index is 12.3. The van der Waals surface area contributed by atoms with E-state index in [1.165, 1.54) is 0 Å². The van der Waals surface area contributed by atoms with E-state index in [0.717, 1.165) is 5.56 Å². The zero-order chi connectivity index (χ0) is 15.9. The molecule has 21 heavy (non-hydrogen) atoms. The van der Waals surface area contributed by atoms with E-state index in [1.54, 1.807) is 31.2 Å². The van der Waals surface area contributed by atoms with Crippen molar-refractivity contribution in [1.29, 1.82) is 0 Å². The van der Waals surface area contributed by atoms with Gasteiger partial charge in [-0.2, -0.15) is 0 Å². The second kappa shape index (κ2) is 8.03. The topological polar surface area (TPSA) is 58.9 Å². The Morgan fingerprint density at radius 1 is 1.24 bits per heavy atom. The number of rotatable bonds is 7. The zero-order valence-corrected chi connectivity index (χ0v) is 13.5. The summed E-state index contributed by atoms with van der Waals surface area (Å²) in [5.41, 5.74) is 0.540. The maximum absolute atomic E-state index is 12.3. The molecular weight excluding hydrogens is 290 g/mol. The predicted molar refractivity (Wildman–Crippen MR) is 84.0 cm³/mol. The minimum atomic E-state index is -0.669. The van der Waals surface area contributed by atoms with Crippen LogP contribution >= 0.6 is 11.6 Å². The van der Waals surface area contributed by atoms with E-state index in [-0.39, 0.29) is 5.97 Å². The summed E-state index contributed by atoms with van der Waals surface area (Å²) in [6.07, 6.45) is 1.57. The quantitative estimate of drug-likeness (QED) is 0.354. The minimum absolute atomic E-state index is 0.245. The third-order valence-corrected chi connectivity index (χ3v) is 4.12. The van der Waals surface area contributed by atoms with Crippen LogP contribution in [0.25, 0.3) is 0 Å². The molecule has 4 nitrogen and oxygen atoms in total. The molecule has 116 valence electrons. The fraction of sp³-hybridized carbons (Fsp3) is 0.500. The van der Waals surface area contributed by atoms with Crippen molar-refractivity contribution in [3.05, 3.63) is 34.9 Å². The lowest BCUT2D eigenvalue weighted by atomic mass is 9.76. The van der Waals surface area contributed by atoms with Gasteiger partial charge in [0.05, 0.1) is 17.7 Å². The standard InChI is InChI=1S/C16H22ClNO3/c1-4-16(5-2,15(19)21-6-3)11-14(18-20)12-7-9-13(17)10-8-12/h7-10,20H,4-6,11H2,1-3H3/b18-14-. The van der Waals surface area contributed by atoms with E-state index in [2.05, 4.69) is 5.16 Å². The van der Waals surface area contributed by atoms with Gasteiger partial charge in [-0.15, -0.1) is 0 Å². The highest BCUT2D eigenvalue weighted by atomic mass is 35.5. The van der Waals surface area contributed by atoms with Crippen molar-refractivity contribution < 1.29 is 14.7 Å². The van der Waals surface area contributed by atoms with E-state index in [9.17, 15) is 10.0 Å². The summed E-state index contributed by atoms with van der Waals surface area (Å²) in [7, 11) is 0. The largest absolute Gasteiger partial charge is 0.466 e. The van der Waals surface area contributed by atoms with Crippen LogP contribution in [0.5, 0.6) is 0 Å². The third-order valence-electron chi connectivity index (χ3n) is 3.87. The van der Waals surface area contributed by atoms with Gasteiger partial charge in [0.25, 0.3) is 0 Å². The Morgan fingerprint density at radius 3 is 2.24 bits per heavy atom. The Hall–Kier alpha value is -1.55. The number of benzene rings is 1. The van der Waals surface area contributed by atoms with E-state index >= 15 is 0 Å². The van der Waals surface area contributed by atoms with Crippen molar-refractivity contribution in [3.8, 4) is 0 Å². The van der Waals surface area contributed by atoms with Crippen LogP contribution in [0.2, 0.25) is 5.02 Å². The SMILES string of the molecule is CCOC(=O)C(CC)(CC)C/C(=N/O)c1ccc(Cl)cc1. The van der Waals surface area contributed by atoms with Crippen LogP contribution in [0.1, 0.15) is 45.6 Å². The predicted octanol–water partition coefficient (Wildman–Crippen LogP) is 4.28. The normalized spacial score (nSPS) is 12.3. The summed E-state index contributed by atoms with van der Waals surface area (Å²) < 4.78 is 5.19. The van der Waals surface area contributed by atoms with Gasteiger partial charge in [-0.3, -0.25) is 4.79 Å². The Bertz CT molecular complexity index is 493. The van der Waals surface area contributed by atoms with E-state index in [4.69, 9.17) is 16.3 Å². The molecule has 0 saturated heterocycles. The Morgan fingerprint density at radius 2 is 1.81 bits per heavy atom. The third kappa shape index (κ3) is 4.21. The van der Waals surface area contributed by atoms with Crippen molar-refractivity contribution in [1.82, 2.24) is 0 Å². The summed E-state index contributed by atoms with van der Waals surface area (Å²) in [5.74, 6) is -0.245. The second-order valence-electron chi connectivity index (χ2n) is 4.94. The van der Waals surface area contributed by atoms with E-state index in [1.807, 2.05) is 13.8 Å². The monoisotopic (exact) mass is 311 g/mol. The number of oxime groups is 1. The second-order valence-corrected chi connectivity index (χ2v) is 5.37. The lowest BCUT2D eigenvalue weighted by molar-refractivity contribution is -0.155. The molecule has 0 aliphatic carbocycles. The van der Waals surface area contributed by atoms with Gasteiger partial charge in [-0.1, -0.05) is 42.7 Å². The van der Waals surface area contributed by atoms with Crippen molar-refractivity contribution in [2.75, 3.05) is 6.61 Å². The number of ether oxygens (including phenoxy) is 1. The lowest BCUT2D eigenvalue weighted by Crippen LogP contribution is -2.34. The summed E-state index contributed by atoms with van der Waals surface area (Å²) in [4.78, 5) is 12.3. The highest BCUT2D eigenvalue weighted by Gasteiger charge is 2.38. The molecule has 1 aromatic rings. The van der Waals surface area contributed by atoms with Crippen molar-refractivity contribution in [3.63, 3.8) is 0 Å². The van der Waals surface area contributed by atoms with Crippen LogP contribution in [0.15, 0.2) is 29.4 Å². The Kier molecular flexibility index (Phi) is 6.69. The first-order valence-electron chi connectivity index (χ1n) is 7.17. The first-order chi connectivity index (χ1) is 10.0. The molecular formula is C16H22ClNO3. The van der Waals surface area contributed by atoms with Crippen LogP contribution in [-0.4, -0.2) is 23.5 Å². The van der Waals surface area contributed by atoms with Gasteiger partial charge in [-0.05, 0) is 37.5 Å². The zero-order valence-electron chi connectivity index (χ0n) is 12.7. The van der Waals surface area contributed by atoms with Gasteiger partial charge < -0.3 is 9.94 Å². The molecule has 0 aliphatic heterocycles. The average molecular weight is 312 g/mol. The molecule has 0 aromatic heterocycles. The van der Waals surface area contributed by atoms with Gasteiger partial charge in [0.15, 0.2) is 0 Å². The number of carbonyl (C=O) groups is 1. The van der Waals surface area contributed by atoms with Gasteiger partial charge in [0, 0.05) is 11.4 Å². The Labute approximate surface area is 130 Å². The van der Waals surface area contributed by atoms with Gasteiger partial charge in [0.2, 0.25) is 0 Å². The molecule has 0 amide bonds. The van der Waals surface area contributed by atoms with E-state index < -0.39 is 5.41 Å². The molecule has 0 saturated carbocycles. The van der Waals surface area contributed by atoms with Crippen molar-refractivity contribution in [2.45, 2.75) is 40.0 Å². The molecule has 1 N–H and O–H groups in total. The fourth-order valence-corrected chi connectivity index (χ4v) is 2.43. The number of carbonyl (C=O) groups excluding carboxylic acids is 1. The number of esters is 1. The van der Waals surface area contributed by atoms with Gasteiger partial charge in [0.1, 0.15) is 0 Å². The first kappa shape index (κ1) is 17.5. The molecule has 0 fully saturated rings. The van der Waals surface area contributed by atoms with Gasteiger partial charge in [-0.25, -0.2) is 0 Å². The lowest BCUT2D eigenvalue weighted by Gasteiger charge is -2.29. The van der Waals surface area contributed by atoms with E-state index in [0.29, 0.717) is 36.6 Å². The summed E-state index contributed by atoms with van der Waals surface area (Å²) >= 11 is 5.86. The smallest absolute Gasteiger partial charge is 0.312 e. The molecule has 1 rings (SSSR count). The molecule has 0 unspecified atom stereocenters. The number of hydrogen-bond donors (Lipinski definition) is 1. The first-order valence-corrected chi connectivity index (χ1v) is 7.54. The average Bonchev–Trinajstić information content (AvgIpc) is 2.50. The summed E-state index contributed by atoms with van der Waals surface area (Å²) in [6.45, 7) is 6.01. The number of hydrogen-bond acceptors (Lipinski definition) is 4. The van der Waals surface area contributed by atoms with Crippen LogP contribution in [0, 0.1) is 5.41 Å². The van der Waals surface area contributed by atoms with Crippen LogP contribution < -0.4 is 0 Å². The molecule has 0 spiro atoms. The number of halogens is 1. The molecule has 0 atom stereocenters. The maximum Gasteiger partial charge on any atom is 0.312 e. The molecule has 1 aromatic carbocycles. The van der Waals surface area contributed by atoms with Crippen LogP contribution in [0.3, 0.4) is 0 Å². The van der Waals surface area contributed by atoms with Crippen molar-refractivity contribution in [2.24, 2.45) is 10.6 Å². The minimum Gasteiger partial charge on any atom is -0.466 e. The molecule has 0 radical (unpaired) electrons. The molecule has 0 bridgehead atoms. The highest BCUT2D eigenvalue weighted by molar-refractivity contribution is 6.30. The van der Waals surface area contributed by atoms with Crippen LogP contribution in [-0.2, 0) is 9.53 Å². The van der Waals surface area contributed by atoms with Gasteiger partial charge >= 0.3 is 5.97 Å². The highest BCUT2D eigenvalue weighted by Crippen LogP contribution is 2.34. The fourth-order valence-electron chi connectivity index (χ4n) is 2.30. The molecule has 5 heteroatoms. The molecule has 0 heterocycles. The number of nitrogens with zero attached hydrogens (tertiary/aromatic N) is 1. The molecule has 0 aliphatic rings. The van der Waals surface area contributed by atoms with Crippen LogP contribution in [0.4, 0.5) is 0 Å². The summed E-state index contributed by atoms with van der Waals surface area (Å²) in [6, 6.07) is 7.01. The Balaban J connectivity index is 3.05. The van der Waals surface area contributed by atoms with Crippen molar-refractivity contribution >= 4 is 23.3 Å².